The number of nitrogens with zero attached hydrogens (tertiary/aromatic N) is 2. The summed E-state index contributed by atoms with van der Waals surface area (Å²) >= 11 is 1.22. The van der Waals surface area contributed by atoms with Crippen molar-refractivity contribution >= 4 is 33.9 Å². The highest BCUT2D eigenvalue weighted by Gasteiger charge is 2.18. The summed E-state index contributed by atoms with van der Waals surface area (Å²) in [5.74, 6) is -0.520. The molecule has 7 heteroatoms. The van der Waals surface area contributed by atoms with Gasteiger partial charge in [0.25, 0.3) is 0 Å². The van der Waals surface area contributed by atoms with Gasteiger partial charge in [0, 0.05) is 28.0 Å². The zero-order valence-electron chi connectivity index (χ0n) is 11.0. The first-order valence-corrected chi connectivity index (χ1v) is 6.95. The Kier molecular flexibility index (Phi) is 3.41. The maximum atomic E-state index is 11.4. The van der Waals surface area contributed by atoms with E-state index in [0.717, 1.165) is 16.5 Å². The van der Waals surface area contributed by atoms with E-state index < -0.39 is 5.97 Å². The highest BCUT2D eigenvalue weighted by Crippen LogP contribution is 2.23. The van der Waals surface area contributed by atoms with E-state index in [1.165, 1.54) is 18.4 Å². The number of hydrogen-bond donors (Lipinski definition) is 2. The number of rotatable bonds is 3. The fraction of sp³-hybridized carbons (Fsp3) is 0.0714. The van der Waals surface area contributed by atoms with Crippen LogP contribution >= 0.6 is 11.3 Å². The molecular weight excluding hydrogens is 290 g/mol. The number of fused-ring (bicyclic) bond motifs is 1. The second kappa shape index (κ2) is 5.37. The first-order valence-electron chi connectivity index (χ1n) is 6.07. The van der Waals surface area contributed by atoms with Crippen LogP contribution in [0.1, 0.15) is 21.1 Å². The van der Waals surface area contributed by atoms with Crippen molar-refractivity contribution in [2.24, 2.45) is 5.16 Å². The number of carbonyl (C=O) groups is 1. The molecule has 3 aromatic rings. The Bertz CT molecular complexity index is 835. The van der Waals surface area contributed by atoms with Gasteiger partial charge in [0.15, 0.2) is 5.69 Å². The largest absolute Gasteiger partial charge is 0.464 e. The Hall–Kier alpha value is -2.67. The number of aromatic amines is 1. The molecule has 1 aromatic carbocycles. The van der Waals surface area contributed by atoms with Crippen molar-refractivity contribution in [1.29, 1.82) is 0 Å². The lowest BCUT2D eigenvalue weighted by atomic mass is 10.1. The van der Waals surface area contributed by atoms with Gasteiger partial charge in [-0.25, -0.2) is 9.78 Å². The third-order valence-corrected chi connectivity index (χ3v) is 3.89. The van der Waals surface area contributed by atoms with Crippen molar-refractivity contribution in [1.82, 2.24) is 9.97 Å². The van der Waals surface area contributed by atoms with E-state index in [4.69, 9.17) is 0 Å². The average Bonchev–Trinajstić information content (AvgIpc) is 3.15. The fourth-order valence-corrected chi connectivity index (χ4v) is 2.85. The number of benzene rings is 1. The Labute approximate surface area is 123 Å². The maximum Gasteiger partial charge on any atom is 0.357 e. The molecule has 0 saturated carbocycles. The van der Waals surface area contributed by atoms with E-state index in [1.807, 2.05) is 24.3 Å². The number of hydrogen-bond acceptors (Lipinski definition) is 6. The number of thiazole rings is 1. The van der Waals surface area contributed by atoms with Crippen molar-refractivity contribution in [3.63, 3.8) is 0 Å². The normalized spacial score (nSPS) is 11.8. The summed E-state index contributed by atoms with van der Waals surface area (Å²) in [4.78, 5) is 18.7. The van der Waals surface area contributed by atoms with Crippen molar-refractivity contribution in [2.75, 3.05) is 7.11 Å². The number of carbonyl (C=O) groups excluding carboxylic acids is 1. The highest BCUT2D eigenvalue weighted by atomic mass is 32.1. The molecule has 0 aliphatic rings. The summed E-state index contributed by atoms with van der Waals surface area (Å²) in [7, 11) is 1.29. The summed E-state index contributed by atoms with van der Waals surface area (Å²) in [6, 6.07) is 7.66. The predicted molar refractivity (Wildman–Crippen MR) is 79.2 cm³/mol. The van der Waals surface area contributed by atoms with Gasteiger partial charge in [-0.2, -0.15) is 0 Å². The van der Waals surface area contributed by atoms with Gasteiger partial charge in [-0.05, 0) is 6.07 Å². The molecule has 2 aromatic heterocycles. The molecule has 2 heterocycles. The van der Waals surface area contributed by atoms with Crippen LogP contribution in [0.2, 0.25) is 0 Å². The van der Waals surface area contributed by atoms with Gasteiger partial charge < -0.3 is 14.9 Å². The molecule has 0 unspecified atom stereocenters. The van der Waals surface area contributed by atoms with Gasteiger partial charge in [0.2, 0.25) is 0 Å². The van der Waals surface area contributed by atoms with Crippen LogP contribution in [0.25, 0.3) is 10.9 Å². The quantitative estimate of drug-likeness (QED) is 0.337. The van der Waals surface area contributed by atoms with E-state index in [2.05, 4.69) is 19.9 Å². The maximum absolute atomic E-state index is 11.4. The molecule has 0 bridgehead atoms. The number of H-pyrrole nitrogens is 1. The van der Waals surface area contributed by atoms with Gasteiger partial charge in [-0.3, -0.25) is 0 Å². The molecule has 3 rings (SSSR count). The fourth-order valence-electron chi connectivity index (χ4n) is 2.06. The second-order valence-electron chi connectivity index (χ2n) is 4.23. The highest BCUT2D eigenvalue weighted by molar-refractivity contribution is 7.12. The van der Waals surface area contributed by atoms with E-state index in [0.29, 0.717) is 10.7 Å². The molecule has 0 amide bonds. The number of methoxy groups -OCH3 is 1. The lowest BCUT2D eigenvalue weighted by molar-refractivity contribution is 0.0595. The zero-order valence-corrected chi connectivity index (χ0v) is 11.8. The lowest BCUT2D eigenvalue weighted by Gasteiger charge is -1.99. The predicted octanol–water partition coefficient (Wildman–Crippen LogP) is 2.64. The molecule has 0 aliphatic carbocycles. The number of ether oxygens (including phenoxy) is 1. The standard InChI is InChI=1S/C14H11N3O3S/c1-20-14(18)11-7-21-13(16-11)12(17-19)9-6-15-10-5-3-2-4-8(9)10/h2-7,15,19H,1H3/b17-12+. The van der Waals surface area contributed by atoms with E-state index in [9.17, 15) is 10.0 Å². The smallest absolute Gasteiger partial charge is 0.357 e. The van der Waals surface area contributed by atoms with Crippen LogP contribution < -0.4 is 0 Å². The van der Waals surface area contributed by atoms with Crippen LogP contribution in [0.4, 0.5) is 0 Å². The van der Waals surface area contributed by atoms with E-state index in [1.54, 1.807) is 11.6 Å². The molecule has 0 atom stereocenters. The van der Waals surface area contributed by atoms with Crippen LogP contribution in [0.5, 0.6) is 0 Å². The monoisotopic (exact) mass is 301 g/mol. The Morgan fingerprint density at radius 1 is 1.43 bits per heavy atom. The van der Waals surface area contributed by atoms with Crippen molar-refractivity contribution < 1.29 is 14.7 Å². The summed E-state index contributed by atoms with van der Waals surface area (Å²) in [6.45, 7) is 0. The molecule has 0 fully saturated rings. The molecule has 0 spiro atoms. The molecule has 106 valence electrons. The summed E-state index contributed by atoms with van der Waals surface area (Å²) in [5.41, 5.74) is 2.16. The average molecular weight is 301 g/mol. The first kappa shape index (κ1) is 13.3. The number of esters is 1. The zero-order chi connectivity index (χ0) is 14.8. The number of aromatic nitrogens is 2. The first-order chi connectivity index (χ1) is 10.2. The Morgan fingerprint density at radius 3 is 3.00 bits per heavy atom. The van der Waals surface area contributed by atoms with Gasteiger partial charge in [0.1, 0.15) is 10.7 Å². The van der Waals surface area contributed by atoms with Crippen molar-refractivity contribution in [3.05, 3.63) is 52.1 Å². The SMILES string of the molecule is COC(=O)c1csc(/C(=N/O)c2c[nH]c3ccccc23)n1. The lowest BCUT2D eigenvalue weighted by Crippen LogP contribution is -2.05. The number of para-hydroxylation sites is 1. The van der Waals surface area contributed by atoms with Crippen molar-refractivity contribution in [2.45, 2.75) is 0 Å². The third-order valence-electron chi connectivity index (χ3n) is 3.05. The van der Waals surface area contributed by atoms with Crippen LogP contribution in [0, 0.1) is 0 Å². The topological polar surface area (TPSA) is 87.6 Å². The second-order valence-corrected chi connectivity index (χ2v) is 5.08. The van der Waals surface area contributed by atoms with E-state index >= 15 is 0 Å². The minimum Gasteiger partial charge on any atom is -0.464 e. The Morgan fingerprint density at radius 2 is 2.24 bits per heavy atom. The van der Waals surface area contributed by atoms with Gasteiger partial charge >= 0.3 is 5.97 Å². The molecule has 6 nitrogen and oxygen atoms in total. The van der Waals surface area contributed by atoms with Crippen LogP contribution in [-0.4, -0.2) is 34.0 Å². The molecule has 0 aliphatic heterocycles. The Balaban J connectivity index is 2.07. The van der Waals surface area contributed by atoms with Gasteiger partial charge in [-0.1, -0.05) is 23.4 Å². The molecule has 0 saturated heterocycles. The summed E-state index contributed by atoms with van der Waals surface area (Å²) in [6.07, 6.45) is 1.75. The minimum atomic E-state index is -0.520. The van der Waals surface area contributed by atoms with Gasteiger partial charge in [0.05, 0.1) is 7.11 Å². The van der Waals surface area contributed by atoms with E-state index in [-0.39, 0.29) is 5.69 Å². The van der Waals surface area contributed by atoms with Crippen LogP contribution in [0.15, 0.2) is 41.0 Å². The van der Waals surface area contributed by atoms with Crippen LogP contribution in [0.3, 0.4) is 0 Å². The van der Waals surface area contributed by atoms with Gasteiger partial charge in [-0.15, -0.1) is 11.3 Å². The minimum absolute atomic E-state index is 0.193. The summed E-state index contributed by atoms with van der Waals surface area (Å²) < 4.78 is 4.62. The number of nitrogens with one attached hydrogen (secondary N) is 1. The molecule has 21 heavy (non-hydrogen) atoms. The molecule has 0 radical (unpaired) electrons. The molecule has 2 N–H and O–H groups in total. The third kappa shape index (κ3) is 2.27. The number of oxime groups is 1. The summed E-state index contributed by atoms with van der Waals surface area (Å²) in [5, 5.41) is 15.6. The van der Waals surface area contributed by atoms with Crippen LogP contribution in [-0.2, 0) is 4.74 Å². The van der Waals surface area contributed by atoms with Crippen molar-refractivity contribution in [3.8, 4) is 0 Å². The molecular formula is C14H11N3O3S.